The fraction of sp³-hybridized carbons (Fsp3) is 0.308. The zero-order valence-corrected chi connectivity index (χ0v) is 9.13. The summed E-state index contributed by atoms with van der Waals surface area (Å²) in [6.07, 6.45) is 4.41. The lowest BCUT2D eigenvalue weighted by Crippen LogP contribution is -2.10. The summed E-state index contributed by atoms with van der Waals surface area (Å²) in [6, 6.07) is 10.2. The van der Waals surface area contributed by atoms with Gasteiger partial charge in [-0.05, 0) is 30.5 Å². The van der Waals surface area contributed by atoms with Crippen LogP contribution in [-0.4, -0.2) is 16.3 Å². The average molecular weight is 213 g/mol. The number of nitrogens with two attached hydrogens (primary N) is 1. The molecule has 0 radical (unpaired) electrons. The van der Waals surface area contributed by atoms with Gasteiger partial charge in [-0.1, -0.05) is 18.2 Å². The molecule has 0 amide bonds. The third-order valence-corrected chi connectivity index (χ3v) is 3.28. The molecule has 2 aromatic rings. The van der Waals surface area contributed by atoms with Gasteiger partial charge < -0.3 is 5.73 Å². The molecule has 0 saturated carbocycles. The Hall–Kier alpha value is -1.61. The summed E-state index contributed by atoms with van der Waals surface area (Å²) in [7, 11) is 0. The molecule has 1 aliphatic carbocycles. The summed E-state index contributed by atoms with van der Waals surface area (Å²) in [6.45, 7) is 0.707. The lowest BCUT2D eigenvalue weighted by Gasteiger charge is -2.05. The van der Waals surface area contributed by atoms with Gasteiger partial charge in [0.1, 0.15) is 0 Å². The molecule has 1 unspecified atom stereocenters. The first-order valence-electron chi connectivity index (χ1n) is 5.72. The zero-order valence-electron chi connectivity index (χ0n) is 9.13. The van der Waals surface area contributed by atoms with Crippen molar-refractivity contribution in [3.63, 3.8) is 0 Å². The number of hydrogen-bond acceptors (Lipinski definition) is 2. The summed E-state index contributed by atoms with van der Waals surface area (Å²) < 4.78 is 1.96. The first-order valence-corrected chi connectivity index (χ1v) is 5.72. The summed E-state index contributed by atoms with van der Waals surface area (Å²) >= 11 is 0. The van der Waals surface area contributed by atoms with Gasteiger partial charge in [0.25, 0.3) is 0 Å². The van der Waals surface area contributed by atoms with Crippen LogP contribution in [0.2, 0.25) is 0 Å². The Bertz CT molecular complexity index is 487. The van der Waals surface area contributed by atoms with E-state index in [4.69, 9.17) is 5.73 Å². The van der Waals surface area contributed by atoms with E-state index in [1.165, 1.54) is 11.3 Å². The maximum absolute atomic E-state index is 5.75. The highest BCUT2D eigenvalue weighted by molar-refractivity contribution is 5.35. The van der Waals surface area contributed by atoms with Gasteiger partial charge in [-0.2, -0.15) is 5.10 Å². The number of rotatable bonds is 2. The van der Waals surface area contributed by atoms with E-state index in [0.717, 1.165) is 18.5 Å². The Balaban J connectivity index is 2.00. The maximum atomic E-state index is 5.75. The highest BCUT2D eigenvalue weighted by Crippen LogP contribution is 2.31. The molecule has 0 bridgehead atoms. The third-order valence-electron chi connectivity index (χ3n) is 3.28. The topological polar surface area (TPSA) is 43.8 Å². The molecule has 0 aliphatic heterocycles. The van der Waals surface area contributed by atoms with Crippen molar-refractivity contribution < 1.29 is 0 Å². The first kappa shape index (κ1) is 9.60. The molecule has 3 nitrogen and oxygen atoms in total. The van der Waals surface area contributed by atoms with Crippen molar-refractivity contribution in [2.45, 2.75) is 18.8 Å². The Kier molecular flexibility index (Phi) is 2.26. The van der Waals surface area contributed by atoms with Crippen molar-refractivity contribution in [3.8, 4) is 5.69 Å². The number of hydrogen-bond donors (Lipinski definition) is 1. The van der Waals surface area contributed by atoms with Gasteiger partial charge in [-0.15, -0.1) is 0 Å². The fourth-order valence-corrected chi connectivity index (χ4v) is 2.37. The zero-order chi connectivity index (χ0) is 11.0. The predicted octanol–water partition coefficient (Wildman–Crippen LogP) is 1.86. The van der Waals surface area contributed by atoms with Gasteiger partial charge in [0.15, 0.2) is 0 Å². The van der Waals surface area contributed by atoms with Crippen LogP contribution >= 0.6 is 0 Å². The minimum atomic E-state index is 0.458. The standard InChI is InChI=1S/C13H15N3/c14-8-10-6-7-11-9-16(15-13(10)11)12-4-2-1-3-5-12/h1-5,9-10H,6-8,14H2. The SMILES string of the molecule is NCC1CCc2cn(-c3ccccc3)nc21. The van der Waals surface area contributed by atoms with Crippen molar-refractivity contribution in [3.05, 3.63) is 47.8 Å². The molecular formula is C13H15N3. The molecule has 1 aromatic carbocycles. The lowest BCUT2D eigenvalue weighted by atomic mass is 10.1. The van der Waals surface area contributed by atoms with Crippen molar-refractivity contribution in [2.75, 3.05) is 6.54 Å². The molecule has 2 N–H and O–H groups in total. The number of para-hydroxylation sites is 1. The van der Waals surface area contributed by atoms with Crippen LogP contribution in [0.4, 0.5) is 0 Å². The van der Waals surface area contributed by atoms with Crippen LogP contribution < -0.4 is 5.73 Å². The van der Waals surface area contributed by atoms with Crippen molar-refractivity contribution in [2.24, 2.45) is 5.73 Å². The molecule has 3 rings (SSSR count). The van der Waals surface area contributed by atoms with Gasteiger partial charge >= 0.3 is 0 Å². The highest BCUT2D eigenvalue weighted by Gasteiger charge is 2.25. The predicted molar refractivity (Wildman–Crippen MR) is 63.7 cm³/mol. The number of benzene rings is 1. The maximum Gasteiger partial charge on any atom is 0.0704 e. The molecule has 1 heterocycles. The number of aromatic nitrogens is 2. The van der Waals surface area contributed by atoms with E-state index in [0.29, 0.717) is 12.5 Å². The largest absolute Gasteiger partial charge is 0.330 e. The summed E-state index contributed by atoms with van der Waals surface area (Å²) in [5.41, 5.74) is 9.43. The molecule has 16 heavy (non-hydrogen) atoms. The Morgan fingerprint density at radius 2 is 2.12 bits per heavy atom. The van der Waals surface area contributed by atoms with E-state index >= 15 is 0 Å². The van der Waals surface area contributed by atoms with E-state index in [2.05, 4.69) is 23.4 Å². The van der Waals surface area contributed by atoms with Crippen LogP contribution in [0.1, 0.15) is 23.6 Å². The summed E-state index contributed by atoms with van der Waals surface area (Å²) in [5, 5.41) is 4.65. The van der Waals surface area contributed by atoms with E-state index in [1.54, 1.807) is 0 Å². The Morgan fingerprint density at radius 1 is 1.31 bits per heavy atom. The molecule has 1 aliphatic rings. The molecule has 0 saturated heterocycles. The lowest BCUT2D eigenvalue weighted by molar-refractivity contribution is 0.651. The molecule has 3 heteroatoms. The highest BCUT2D eigenvalue weighted by atomic mass is 15.3. The molecule has 0 spiro atoms. The first-order chi connectivity index (χ1) is 7.88. The number of fused-ring (bicyclic) bond motifs is 1. The molecule has 0 fully saturated rings. The second-order valence-electron chi connectivity index (χ2n) is 4.29. The minimum Gasteiger partial charge on any atom is -0.330 e. The van der Waals surface area contributed by atoms with Gasteiger partial charge in [0.2, 0.25) is 0 Å². The van der Waals surface area contributed by atoms with Crippen LogP contribution in [0.15, 0.2) is 36.5 Å². The van der Waals surface area contributed by atoms with Gasteiger partial charge in [-0.25, -0.2) is 4.68 Å². The molecule has 1 atom stereocenters. The molecule has 1 aromatic heterocycles. The summed E-state index contributed by atoms with van der Waals surface area (Å²) in [5.74, 6) is 0.458. The van der Waals surface area contributed by atoms with Crippen molar-refractivity contribution in [1.82, 2.24) is 9.78 Å². The summed E-state index contributed by atoms with van der Waals surface area (Å²) in [4.78, 5) is 0. The quantitative estimate of drug-likeness (QED) is 0.827. The third kappa shape index (κ3) is 1.44. The van der Waals surface area contributed by atoms with Crippen molar-refractivity contribution in [1.29, 1.82) is 0 Å². The Labute approximate surface area is 94.9 Å². The van der Waals surface area contributed by atoms with Crippen LogP contribution in [-0.2, 0) is 6.42 Å². The average Bonchev–Trinajstić information content (AvgIpc) is 2.89. The van der Waals surface area contributed by atoms with Crippen LogP contribution in [0, 0.1) is 0 Å². The van der Waals surface area contributed by atoms with E-state index in [1.807, 2.05) is 22.9 Å². The Morgan fingerprint density at radius 3 is 2.88 bits per heavy atom. The molecular weight excluding hydrogens is 198 g/mol. The molecule has 82 valence electrons. The van der Waals surface area contributed by atoms with E-state index in [9.17, 15) is 0 Å². The normalized spacial score (nSPS) is 18.7. The number of aryl methyl sites for hydroxylation is 1. The second-order valence-corrected chi connectivity index (χ2v) is 4.29. The van der Waals surface area contributed by atoms with Gasteiger partial charge in [0, 0.05) is 18.7 Å². The fourth-order valence-electron chi connectivity index (χ4n) is 2.37. The van der Waals surface area contributed by atoms with Crippen LogP contribution in [0.25, 0.3) is 5.69 Å². The smallest absolute Gasteiger partial charge is 0.0704 e. The van der Waals surface area contributed by atoms with E-state index in [-0.39, 0.29) is 0 Å². The van der Waals surface area contributed by atoms with Gasteiger partial charge in [0.05, 0.1) is 11.4 Å². The minimum absolute atomic E-state index is 0.458. The van der Waals surface area contributed by atoms with Crippen LogP contribution in [0.3, 0.4) is 0 Å². The second kappa shape index (κ2) is 3.76. The van der Waals surface area contributed by atoms with E-state index < -0.39 is 0 Å². The van der Waals surface area contributed by atoms with Crippen molar-refractivity contribution >= 4 is 0 Å². The van der Waals surface area contributed by atoms with Crippen LogP contribution in [0.5, 0.6) is 0 Å². The monoisotopic (exact) mass is 213 g/mol. The number of nitrogens with zero attached hydrogens (tertiary/aromatic N) is 2. The van der Waals surface area contributed by atoms with Gasteiger partial charge in [-0.3, -0.25) is 0 Å².